The summed E-state index contributed by atoms with van der Waals surface area (Å²) in [6, 6.07) is 12.3. The lowest BCUT2D eigenvalue weighted by Gasteiger charge is -2.18. The first-order valence-corrected chi connectivity index (χ1v) is 9.64. The largest absolute Gasteiger partial charge is 0.456 e. The van der Waals surface area contributed by atoms with E-state index >= 15 is 0 Å². The van der Waals surface area contributed by atoms with Crippen LogP contribution in [0.2, 0.25) is 0 Å². The summed E-state index contributed by atoms with van der Waals surface area (Å²) in [5.74, 6) is 0. The Labute approximate surface area is 145 Å². The fourth-order valence-corrected chi connectivity index (χ4v) is 4.44. The molecule has 1 unspecified atom stereocenters. The summed E-state index contributed by atoms with van der Waals surface area (Å²) in [7, 11) is -3.65. The van der Waals surface area contributed by atoms with Crippen LogP contribution in [-0.2, 0) is 10.0 Å². The highest BCUT2D eigenvalue weighted by Gasteiger charge is 2.25. The quantitative estimate of drug-likeness (QED) is 0.727. The summed E-state index contributed by atoms with van der Waals surface area (Å²) >= 11 is 0. The highest BCUT2D eigenvalue weighted by molar-refractivity contribution is 7.89. The van der Waals surface area contributed by atoms with E-state index in [1.165, 1.54) is 0 Å². The minimum atomic E-state index is -3.65. The molecule has 128 valence electrons. The van der Waals surface area contributed by atoms with Gasteiger partial charge in [-0.25, -0.2) is 13.1 Å². The van der Waals surface area contributed by atoms with E-state index in [1.54, 1.807) is 23.1 Å². The highest BCUT2D eigenvalue weighted by atomic mass is 32.2. The van der Waals surface area contributed by atoms with Gasteiger partial charge in [0.1, 0.15) is 11.2 Å². The molecule has 0 bridgehead atoms. The zero-order chi connectivity index (χ0) is 17.4. The van der Waals surface area contributed by atoms with E-state index < -0.39 is 10.0 Å². The molecule has 1 N–H and O–H groups in total. The summed E-state index contributed by atoms with van der Waals surface area (Å²) < 4.78 is 33.7. The number of likely N-dealkylation sites (tertiary alicyclic amines) is 1. The molecule has 1 aliphatic rings. The van der Waals surface area contributed by atoms with Crippen LogP contribution in [0, 0.1) is 11.5 Å². The first-order chi connectivity index (χ1) is 12.1. The third kappa shape index (κ3) is 2.84. The van der Waals surface area contributed by atoms with Crippen molar-refractivity contribution >= 4 is 32.0 Å². The third-order valence-corrected chi connectivity index (χ3v) is 6.09. The van der Waals surface area contributed by atoms with Crippen LogP contribution in [0.4, 0.5) is 0 Å². The number of benzene rings is 2. The molecular weight excluding hydrogens is 338 g/mol. The Hall–Kier alpha value is -2.56. The summed E-state index contributed by atoms with van der Waals surface area (Å²) in [6.07, 6.45) is 3.85. The van der Waals surface area contributed by atoms with E-state index in [9.17, 15) is 8.42 Å². The average molecular weight is 355 g/mol. The van der Waals surface area contributed by atoms with Crippen LogP contribution in [0.1, 0.15) is 12.8 Å². The minimum Gasteiger partial charge on any atom is -0.456 e. The van der Waals surface area contributed by atoms with Gasteiger partial charge in [-0.3, -0.25) is 0 Å². The molecule has 0 amide bonds. The van der Waals surface area contributed by atoms with Gasteiger partial charge in [-0.05, 0) is 37.1 Å². The molecule has 1 aliphatic heterocycles. The zero-order valence-corrected chi connectivity index (χ0v) is 14.3. The molecular formula is C18H17N3O3S. The lowest BCUT2D eigenvalue weighted by Crippen LogP contribution is -2.37. The molecule has 0 aliphatic carbocycles. The van der Waals surface area contributed by atoms with E-state index in [0.29, 0.717) is 12.1 Å². The van der Waals surface area contributed by atoms with E-state index in [1.807, 2.05) is 24.3 Å². The van der Waals surface area contributed by atoms with Crippen LogP contribution in [0.3, 0.4) is 0 Å². The molecule has 0 spiro atoms. The fraction of sp³-hybridized carbons (Fsp3) is 0.278. The monoisotopic (exact) mass is 355 g/mol. The molecule has 1 aromatic heterocycles. The first-order valence-electron chi connectivity index (χ1n) is 8.16. The van der Waals surface area contributed by atoms with Crippen molar-refractivity contribution in [1.82, 2.24) is 9.62 Å². The number of para-hydroxylation sites is 1. The normalized spacial score (nSPS) is 18.0. The number of sulfonamides is 1. The van der Waals surface area contributed by atoms with Crippen molar-refractivity contribution in [2.45, 2.75) is 23.8 Å². The van der Waals surface area contributed by atoms with E-state index in [-0.39, 0.29) is 17.5 Å². The van der Waals surface area contributed by atoms with Gasteiger partial charge in [-0.15, -0.1) is 0 Å². The lowest BCUT2D eigenvalue weighted by molar-refractivity contribution is 0.362. The van der Waals surface area contributed by atoms with Crippen molar-refractivity contribution in [3.8, 4) is 6.19 Å². The van der Waals surface area contributed by atoms with E-state index in [2.05, 4.69) is 10.9 Å². The summed E-state index contributed by atoms with van der Waals surface area (Å²) in [5, 5.41) is 10.7. The van der Waals surface area contributed by atoms with Gasteiger partial charge in [0.25, 0.3) is 0 Å². The molecule has 4 rings (SSSR count). The number of rotatable bonds is 4. The maximum atomic E-state index is 12.6. The van der Waals surface area contributed by atoms with Crippen LogP contribution in [-0.4, -0.2) is 32.4 Å². The van der Waals surface area contributed by atoms with Crippen molar-refractivity contribution in [1.29, 1.82) is 5.26 Å². The predicted octanol–water partition coefficient (Wildman–Crippen LogP) is 2.81. The standard InChI is InChI=1S/C18H17N3O3S/c19-12-21-9-3-4-13(21)11-20-25(22,23)14-7-8-18-16(10-14)15-5-1-2-6-17(15)24-18/h1-2,5-8,10,13,20H,3-4,9,11H2. The molecule has 1 saturated heterocycles. The second-order valence-corrected chi connectivity index (χ2v) is 7.96. The zero-order valence-electron chi connectivity index (χ0n) is 13.5. The summed E-state index contributed by atoms with van der Waals surface area (Å²) in [5.41, 5.74) is 1.39. The van der Waals surface area contributed by atoms with Crippen LogP contribution in [0.25, 0.3) is 21.9 Å². The van der Waals surface area contributed by atoms with Gasteiger partial charge in [0.15, 0.2) is 6.19 Å². The molecule has 2 heterocycles. The maximum absolute atomic E-state index is 12.6. The second kappa shape index (κ2) is 6.06. The lowest BCUT2D eigenvalue weighted by atomic mass is 10.1. The molecule has 6 nitrogen and oxygen atoms in total. The Morgan fingerprint density at radius 3 is 2.84 bits per heavy atom. The Morgan fingerprint density at radius 1 is 1.20 bits per heavy atom. The number of fused-ring (bicyclic) bond motifs is 3. The van der Waals surface area contributed by atoms with Gasteiger partial charge >= 0.3 is 0 Å². The molecule has 25 heavy (non-hydrogen) atoms. The molecule has 1 atom stereocenters. The van der Waals surface area contributed by atoms with Crippen molar-refractivity contribution < 1.29 is 12.8 Å². The number of furan rings is 1. The number of hydrogen-bond donors (Lipinski definition) is 1. The topological polar surface area (TPSA) is 86.3 Å². The molecule has 0 radical (unpaired) electrons. The van der Waals surface area contributed by atoms with Crippen LogP contribution < -0.4 is 4.72 Å². The summed E-state index contributed by atoms with van der Waals surface area (Å²) in [4.78, 5) is 1.84. The van der Waals surface area contributed by atoms with Crippen molar-refractivity contribution in [3.63, 3.8) is 0 Å². The SMILES string of the molecule is N#CN1CCCC1CNS(=O)(=O)c1ccc2oc3ccccc3c2c1. The maximum Gasteiger partial charge on any atom is 0.240 e. The van der Waals surface area contributed by atoms with Gasteiger partial charge in [-0.2, -0.15) is 5.26 Å². The van der Waals surface area contributed by atoms with Crippen LogP contribution in [0.5, 0.6) is 0 Å². The van der Waals surface area contributed by atoms with E-state index in [4.69, 9.17) is 9.68 Å². The second-order valence-electron chi connectivity index (χ2n) is 6.20. The predicted molar refractivity (Wildman–Crippen MR) is 94.2 cm³/mol. The molecule has 7 heteroatoms. The molecule has 1 fully saturated rings. The number of nitrogens with one attached hydrogen (secondary N) is 1. The molecule has 3 aromatic rings. The first kappa shape index (κ1) is 15.9. The Bertz CT molecular complexity index is 1080. The highest BCUT2D eigenvalue weighted by Crippen LogP contribution is 2.30. The number of nitriles is 1. The van der Waals surface area contributed by atoms with Crippen molar-refractivity contribution in [2.24, 2.45) is 0 Å². The van der Waals surface area contributed by atoms with Gasteiger partial charge in [0.05, 0.1) is 10.9 Å². The van der Waals surface area contributed by atoms with Crippen LogP contribution >= 0.6 is 0 Å². The van der Waals surface area contributed by atoms with Gasteiger partial charge in [0.2, 0.25) is 10.0 Å². The van der Waals surface area contributed by atoms with Crippen molar-refractivity contribution in [2.75, 3.05) is 13.1 Å². The number of hydrogen-bond acceptors (Lipinski definition) is 5. The van der Waals surface area contributed by atoms with Gasteiger partial charge in [-0.1, -0.05) is 18.2 Å². The third-order valence-electron chi connectivity index (χ3n) is 4.67. The fourth-order valence-electron chi connectivity index (χ4n) is 3.34. The molecule has 2 aromatic carbocycles. The summed E-state index contributed by atoms with van der Waals surface area (Å²) in [6.45, 7) is 0.927. The average Bonchev–Trinajstić information content (AvgIpc) is 3.23. The van der Waals surface area contributed by atoms with Gasteiger partial charge < -0.3 is 9.32 Å². The Morgan fingerprint density at radius 2 is 2.00 bits per heavy atom. The van der Waals surface area contributed by atoms with Crippen LogP contribution in [0.15, 0.2) is 51.8 Å². The Balaban J connectivity index is 1.63. The minimum absolute atomic E-state index is 0.0711. The molecule has 0 saturated carbocycles. The Kier molecular flexibility index (Phi) is 3.86. The number of nitrogens with zero attached hydrogens (tertiary/aromatic N) is 2. The van der Waals surface area contributed by atoms with E-state index in [0.717, 1.165) is 29.2 Å². The van der Waals surface area contributed by atoms with Gasteiger partial charge in [0, 0.05) is 23.9 Å². The smallest absolute Gasteiger partial charge is 0.240 e. The van der Waals surface area contributed by atoms with Crippen molar-refractivity contribution in [3.05, 3.63) is 42.5 Å².